The van der Waals surface area contributed by atoms with Crippen LogP contribution in [0, 0.1) is 0 Å². The van der Waals surface area contributed by atoms with E-state index in [0.717, 1.165) is 43.3 Å². The van der Waals surface area contributed by atoms with Crippen LogP contribution in [0.1, 0.15) is 19.3 Å². The van der Waals surface area contributed by atoms with E-state index < -0.39 is 10.0 Å². The van der Waals surface area contributed by atoms with Crippen molar-refractivity contribution in [2.24, 2.45) is 0 Å². The van der Waals surface area contributed by atoms with Gasteiger partial charge in [0.2, 0.25) is 15.9 Å². The maximum atomic E-state index is 13.0. The summed E-state index contributed by atoms with van der Waals surface area (Å²) in [5.41, 5.74) is 2.07. The summed E-state index contributed by atoms with van der Waals surface area (Å²) < 4.78 is 29.5. The van der Waals surface area contributed by atoms with E-state index in [2.05, 4.69) is 17.0 Å². The molecule has 3 heterocycles. The molecule has 1 aromatic heterocycles. The normalized spacial score (nSPS) is 18.1. The van der Waals surface area contributed by atoms with Crippen LogP contribution in [0.5, 0.6) is 0 Å². The number of rotatable bonds is 5. The third kappa shape index (κ3) is 4.50. The van der Waals surface area contributed by atoms with E-state index in [4.69, 9.17) is 0 Å². The summed E-state index contributed by atoms with van der Waals surface area (Å²) in [4.78, 5) is 17.5. The minimum atomic E-state index is -3.47. The number of fused-ring (bicyclic) bond motifs is 1. The Labute approximate surface area is 195 Å². The number of sulfonamides is 1. The highest BCUT2D eigenvalue weighted by Crippen LogP contribution is 2.25. The molecule has 0 radical (unpaired) electrons. The molecule has 0 N–H and O–H groups in total. The summed E-state index contributed by atoms with van der Waals surface area (Å²) >= 11 is 0. The van der Waals surface area contributed by atoms with Crippen LogP contribution in [0.3, 0.4) is 0 Å². The zero-order valence-electron chi connectivity index (χ0n) is 18.8. The van der Waals surface area contributed by atoms with Gasteiger partial charge >= 0.3 is 0 Å². The van der Waals surface area contributed by atoms with Gasteiger partial charge in [0.05, 0.1) is 4.90 Å². The summed E-state index contributed by atoms with van der Waals surface area (Å²) in [6.07, 6.45) is 4.79. The highest BCUT2D eigenvalue weighted by Gasteiger charge is 2.26. The van der Waals surface area contributed by atoms with Crippen LogP contribution in [-0.4, -0.2) is 67.4 Å². The molecule has 3 aromatic rings. The van der Waals surface area contributed by atoms with E-state index in [9.17, 15) is 13.2 Å². The quantitative estimate of drug-likeness (QED) is 0.579. The molecule has 0 atom stereocenters. The van der Waals surface area contributed by atoms with Crippen molar-refractivity contribution in [3.8, 4) is 0 Å². The van der Waals surface area contributed by atoms with Gasteiger partial charge in [-0.1, -0.05) is 24.6 Å². The molecular weight excluding hydrogens is 436 g/mol. The second kappa shape index (κ2) is 9.19. The summed E-state index contributed by atoms with van der Waals surface area (Å²) in [5.74, 6) is 0.0882. The number of hydrogen-bond donors (Lipinski definition) is 0. The van der Waals surface area contributed by atoms with Crippen molar-refractivity contribution in [3.05, 3.63) is 60.8 Å². The maximum Gasteiger partial charge on any atom is 0.243 e. The maximum absolute atomic E-state index is 13.0. The third-order valence-electron chi connectivity index (χ3n) is 6.75. The number of amides is 1. The van der Waals surface area contributed by atoms with E-state index in [0.29, 0.717) is 31.1 Å². The van der Waals surface area contributed by atoms with Crippen LogP contribution in [0.4, 0.5) is 5.69 Å². The largest absolute Gasteiger partial charge is 0.368 e. The van der Waals surface area contributed by atoms with Crippen molar-refractivity contribution in [1.82, 2.24) is 13.8 Å². The van der Waals surface area contributed by atoms with Crippen LogP contribution >= 0.6 is 0 Å². The highest BCUT2D eigenvalue weighted by molar-refractivity contribution is 7.89. The standard InChI is InChI=1S/C25H30N4O3S/c30-25(27-17-15-26(16-18-27)22-7-3-1-4-8-22)20-28-14-11-21-19-23(9-10-24(21)28)33(31,32)29-12-5-2-6-13-29/h1,3-4,7-11,14,19H,2,5-6,12-13,15-18,20H2. The smallest absolute Gasteiger partial charge is 0.243 e. The molecule has 8 heteroatoms. The van der Waals surface area contributed by atoms with Crippen molar-refractivity contribution in [2.45, 2.75) is 30.7 Å². The molecule has 2 aromatic carbocycles. The average molecular weight is 467 g/mol. The van der Waals surface area contributed by atoms with Gasteiger partial charge in [0.1, 0.15) is 6.54 Å². The predicted molar refractivity (Wildman–Crippen MR) is 130 cm³/mol. The van der Waals surface area contributed by atoms with Crippen molar-refractivity contribution in [2.75, 3.05) is 44.2 Å². The monoisotopic (exact) mass is 466 g/mol. The van der Waals surface area contributed by atoms with Crippen LogP contribution in [0.2, 0.25) is 0 Å². The van der Waals surface area contributed by atoms with Crippen molar-refractivity contribution < 1.29 is 13.2 Å². The fraction of sp³-hybridized carbons (Fsp3) is 0.400. The van der Waals surface area contributed by atoms with Gasteiger partial charge in [-0.05, 0) is 49.2 Å². The van der Waals surface area contributed by atoms with E-state index in [1.54, 1.807) is 16.4 Å². The van der Waals surface area contributed by atoms with Gasteiger partial charge < -0.3 is 14.4 Å². The van der Waals surface area contributed by atoms with Gasteiger partial charge in [-0.25, -0.2) is 8.42 Å². The Morgan fingerprint density at radius 2 is 1.55 bits per heavy atom. The zero-order chi connectivity index (χ0) is 22.8. The fourth-order valence-electron chi connectivity index (χ4n) is 4.83. The molecule has 2 saturated heterocycles. The van der Waals surface area contributed by atoms with E-state index in [1.807, 2.05) is 46.0 Å². The molecule has 7 nitrogen and oxygen atoms in total. The molecule has 33 heavy (non-hydrogen) atoms. The first-order valence-electron chi connectivity index (χ1n) is 11.7. The fourth-order valence-corrected chi connectivity index (χ4v) is 6.38. The number of hydrogen-bond acceptors (Lipinski definition) is 4. The zero-order valence-corrected chi connectivity index (χ0v) is 19.6. The molecule has 2 aliphatic heterocycles. The highest BCUT2D eigenvalue weighted by atomic mass is 32.2. The van der Waals surface area contributed by atoms with Gasteiger partial charge in [0.25, 0.3) is 0 Å². The Balaban J connectivity index is 1.26. The van der Waals surface area contributed by atoms with Crippen LogP contribution < -0.4 is 4.90 Å². The SMILES string of the molecule is O=C(Cn1ccc2cc(S(=O)(=O)N3CCCCC3)ccc21)N1CCN(c2ccccc2)CC1. The number of piperazine rings is 1. The second-order valence-electron chi connectivity index (χ2n) is 8.83. The number of nitrogens with zero attached hydrogens (tertiary/aromatic N) is 4. The van der Waals surface area contributed by atoms with Gasteiger partial charge in [0.15, 0.2) is 0 Å². The van der Waals surface area contributed by atoms with Gasteiger partial charge in [-0.2, -0.15) is 4.31 Å². The lowest BCUT2D eigenvalue weighted by atomic mass is 10.2. The molecule has 0 bridgehead atoms. The molecule has 0 unspecified atom stereocenters. The van der Waals surface area contributed by atoms with E-state index >= 15 is 0 Å². The predicted octanol–water partition coefficient (Wildman–Crippen LogP) is 3.16. The lowest BCUT2D eigenvalue weighted by molar-refractivity contribution is -0.132. The number of piperidine rings is 1. The molecule has 0 spiro atoms. The lowest BCUT2D eigenvalue weighted by Crippen LogP contribution is -2.49. The van der Waals surface area contributed by atoms with E-state index in [1.165, 1.54) is 5.69 Å². The first-order chi connectivity index (χ1) is 16.0. The van der Waals surface area contributed by atoms with Gasteiger partial charge in [0, 0.05) is 62.1 Å². The third-order valence-corrected chi connectivity index (χ3v) is 8.65. The molecule has 174 valence electrons. The Kier molecular flexibility index (Phi) is 6.12. The number of benzene rings is 2. The second-order valence-corrected chi connectivity index (χ2v) is 10.8. The summed E-state index contributed by atoms with van der Waals surface area (Å²) in [7, 11) is -3.47. The number of aromatic nitrogens is 1. The number of carbonyl (C=O) groups is 1. The number of carbonyl (C=O) groups excluding carboxylic acids is 1. The number of anilines is 1. The Morgan fingerprint density at radius 3 is 2.27 bits per heavy atom. The van der Waals surface area contributed by atoms with Crippen LogP contribution in [-0.2, 0) is 21.4 Å². The summed E-state index contributed by atoms with van der Waals surface area (Å²) in [5, 5.41) is 0.842. The minimum Gasteiger partial charge on any atom is -0.368 e. The Bertz CT molecular complexity index is 1230. The van der Waals surface area contributed by atoms with Crippen molar-refractivity contribution in [3.63, 3.8) is 0 Å². The molecular formula is C25H30N4O3S. The molecule has 2 aliphatic rings. The van der Waals surface area contributed by atoms with Gasteiger partial charge in [-0.3, -0.25) is 4.79 Å². The Morgan fingerprint density at radius 1 is 0.818 bits per heavy atom. The molecule has 0 saturated carbocycles. The van der Waals surface area contributed by atoms with Crippen LogP contribution in [0.15, 0.2) is 65.7 Å². The first kappa shape index (κ1) is 22.0. The van der Waals surface area contributed by atoms with Crippen molar-refractivity contribution in [1.29, 1.82) is 0 Å². The topological polar surface area (TPSA) is 65.9 Å². The first-order valence-corrected chi connectivity index (χ1v) is 13.1. The number of para-hydroxylation sites is 1. The van der Waals surface area contributed by atoms with Crippen molar-refractivity contribution >= 4 is 32.5 Å². The molecule has 0 aliphatic carbocycles. The van der Waals surface area contributed by atoms with Gasteiger partial charge in [-0.15, -0.1) is 0 Å². The Hall–Kier alpha value is -2.84. The van der Waals surface area contributed by atoms with Crippen LogP contribution in [0.25, 0.3) is 10.9 Å². The molecule has 5 rings (SSSR count). The lowest BCUT2D eigenvalue weighted by Gasteiger charge is -2.36. The molecule has 2 fully saturated rings. The molecule has 1 amide bonds. The summed E-state index contributed by atoms with van der Waals surface area (Å²) in [6, 6.07) is 17.4. The average Bonchev–Trinajstić information content (AvgIpc) is 3.27. The minimum absolute atomic E-state index is 0.0882. The van der Waals surface area contributed by atoms with E-state index in [-0.39, 0.29) is 12.5 Å². The summed E-state index contributed by atoms with van der Waals surface area (Å²) in [6.45, 7) is 4.48.